The number of nitrogens with one attached hydrogen (secondary N) is 3. The molecule has 0 saturated carbocycles. The Hall–Kier alpha value is -3.52. The minimum absolute atomic E-state index is 0.0749. The first-order valence-electron chi connectivity index (χ1n) is 11.7. The smallest absolute Gasteiger partial charge is 0.274 e. The molecule has 7 nitrogen and oxygen atoms in total. The second-order valence-corrected chi connectivity index (χ2v) is 8.80. The van der Waals surface area contributed by atoms with Crippen molar-refractivity contribution in [2.45, 2.75) is 31.6 Å². The van der Waals surface area contributed by atoms with Gasteiger partial charge in [-0.05, 0) is 29.7 Å². The fraction of sp³-hybridized carbons (Fsp3) is 0.259. The molecule has 1 fully saturated rings. The summed E-state index contributed by atoms with van der Waals surface area (Å²) in [5.41, 5.74) is 11.3. The maximum atomic E-state index is 13.4. The molecular formula is C27H30N6O. The van der Waals surface area contributed by atoms with Gasteiger partial charge in [0, 0.05) is 45.0 Å². The minimum atomic E-state index is -0.0749. The normalized spacial score (nSPS) is 17.8. The Kier molecular flexibility index (Phi) is 6.67. The van der Waals surface area contributed by atoms with Crippen LogP contribution < -0.4 is 16.2 Å². The van der Waals surface area contributed by atoms with Gasteiger partial charge >= 0.3 is 0 Å². The van der Waals surface area contributed by atoms with Crippen LogP contribution in [-0.2, 0) is 13.1 Å². The van der Waals surface area contributed by atoms with E-state index in [2.05, 4.69) is 45.4 Å². The van der Waals surface area contributed by atoms with Gasteiger partial charge in [-0.15, -0.1) is 0 Å². The topological polar surface area (TPSA) is 73.7 Å². The summed E-state index contributed by atoms with van der Waals surface area (Å²) >= 11 is 0. The number of aromatic nitrogens is 2. The maximum Gasteiger partial charge on any atom is 0.274 e. The third-order valence-corrected chi connectivity index (χ3v) is 6.31. The molecule has 0 spiro atoms. The molecule has 34 heavy (non-hydrogen) atoms. The summed E-state index contributed by atoms with van der Waals surface area (Å²) in [6.45, 7) is 1.88. The summed E-state index contributed by atoms with van der Waals surface area (Å²) < 4.78 is 2.00. The van der Waals surface area contributed by atoms with E-state index in [4.69, 9.17) is 0 Å². The van der Waals surface area contributed by atoms with Crippen molar-refractivity contribution in [1.29, 1.82) is 0 Å². The van der Waals surface area contributed by atoms with E-state index in [0.29, 0.717) is 30.9 Å². The fourth-order valence-corrected chi connectivity index (χ4v) is 4.52. The van der Waals surface area contributed by atoms with Crippen LogP contribution in [0.4, 0.5) is 0 Å². The highest BCUT2D eigenvalue weighted by Gasteiger charge is 2.26. The first-order valence-corrected chi connectivity index (χ1v) is 11.7. The van der Waals surface area contributed by atoms with Gasteiger partial charge in [0.1, 0.15) is 5.65 Å². The van der Waals surface area contributed by atoms with Crippen LogP contribution in [0.25, 0.3) is 5.65 Å². The van der Waals surface area contributed by atoms with Gasteiger partial charge in [-0.25, -0.2) is 10.4 Å². The molecule has 2 unspecified atom stereocenters. The maximum absolute atomic E-state index is 13.4. The minimum Gasteiger partial charge on any atom is -0.336 e. The van der Waals surface area contributed by atoms with E-state index in [1.807, 2.05) is 72.2 Å². The Morgan fingerprint density at radius 2 is 1.76 bits per heavy atom. The van der Waals surface area contributed by atoms with E-state index < -0.39 is 0 Å². The van der Waals surface area contributed by atoms with Gasteiger partial charge in [-0.3, -0.25) is 10.2 Å². The molecule has 1 aliphatic heterocycles. The Morgan fingerprint density at radius 1 is 1.03 bits per heavy atom. The molecule has 1 aliphatic rings. The molecule has 0 aliphatic carbocycles. The van der Waals surface area contributed by atoms with Crippen molar-refractivity contribution in [3.63, 3.8) is 0 Å². The summed E-state index contributed by atoms with van der Waals surface area (Å²) in [5, 5.41) is 3.54. The van der Waals surface area contributed by atoms with Crippen LogP contribution in [-0.4, -0.2) is 39.8 Å². The van der Waals surface area contributed by atoms with E-state index in [9.17, 15) is 4.79 Å². The van der Waals surface area contributed by atoms with Crippen molar-refractivity contribution in [2.24, 2.45) is 0 Å². The molecule has 2 aromatic heterocycles. The molecule has 3 N–H and O–H groups in total. The average molecular weight is 455 g/mol. The number of fused-ring (bicyclic) bond motifs is 1. The molecule has 2 atom stereocenters. The molecule has 3 heterocycles. The molecule has 7 heteroatoms. The zero-order chi connectivity index (χ0) is 23.3. The average Bonchev–Trinajstić information content (AvgIpc) is 3.50. The molecule has 1 amide bonds. The third kappa shape index (κ3) is 4.87. The second kappa shape index (κ2) is 10.2. The Bertz CT molecular complexity index is 1240. The Balaban J connectivity index is 1.26. The molecule has 174 valence electrons. The Morgan fingerprint density at radius 3 is 2.56 bits per heavy atom. The van der Waals surface area contributed by atoms with Crippen LogP contribution in [0.15, 0.2) is 85.1 Å². The van der Waals surface area contributed by atoms with Gasteiger partial charge in [-0.1, -0.05) is 66.7 Å². The summed E-state index contributed by atoms with van der Waals surface area (Å²) in [7, 11) is 1.83. The highest BCUT2D eigenvalue weighted by Crippen LogP contribution is 2.22. The zero-order valence-corrected chi connectivity index (χ0v) is 19.3. The van der Waals surface area contributed by atoms with E-state index in [-0.39, 0.29) is 5.91 Å². The second-order valence-electron chi connectivity index (χ2n) is 8.80. The number of hydrogen-bond acceptors (Lipinski definition) is 5. The van der Waals surface area contributed by atoms with Gasteiger partial charge in [0.05, 0.1) is 5.69 Å². The lowest BCUT2D eigenvalue weighted by molar-refractivity contribution is 0.0778. The van der Waals surface area contributed by atoms with E-state index in [1.54, 1.807) is 4.90 Å². The number of nitrogens with zero attached hydrogens (tertiary/aromatic N) is 3. The van der Waals surface area contributed by atoms with E-state index >= 15 is 0 Å². The highest BCUT2D eigenvalue weighted by atomic mass is 16.2. The van der Waals surface area contributed by atoms with Crippen LogP contribution in [0.2, 0.25) is 0 Å². The van der Waals surface area contributed by atoms with Crippen LogP contribution in [0.1, 0.15) is 39.8 Å². The van der Waals surface area contributed by atoms with Crippen molar-refractivity contribution >= 4 is 11.6 Å². The lowest BCUT2D eigenvalue weighted by Gasteiger charge is -2.17. The van der Waals surface area contributed by atoms with Gasteiger partial charge in [0.15, 0.2) is 5.69 Å². The van der Waals surface area contributed by atoms with Crippen molar-refractivity contribution in [3.05, 3.63) is 108 Å². The largest absolute Gasteiger partial charge is 0.336 e. The first-order chi connectivity index (χ1) is 16.7. The predicted molar refractivity (Wildman–Crippen MR) is 133 cm³/mol. The molecule has 4 aromatic rings. The van der Waals surface area contributed by atoms with Gasteiger partial charge < -0.3 is 14.6 Å². The highest BCUT2D eigenvalue weighted by molar-refractivity contribution is 5.94. The molecular weight excluding hydrogens is 424 g/mol. The Labute approximate surface area is 199 Å². The lowest BCUT2D eigenvalue weighted by Crippen LogP contribution is -2.38. The molecule has 0 bridgehead atoms. The number of benzene rings is 2. The molecule has 1 saturated heterocycles. The van der Waals surface area contributed by atoms with Crippen molar-refractivity contribution in [1.82, 2.24) is 30.5 Å². The van der Waals surface area contributed by atoms with Crippen LogP contribution >= 0.6 is 0 Å². The molecule has 2 aromatic carbocycles. The van der Waals surface area contributed by atoms with E-state index in [0.717, 1.165) is 29.9 Å². The van der Waals surface area contributed by atoms with Crippen molar-refractivity contribution in [3.8, 4) is 0 Å². The fourth-order valence-electron chi connectivity index (χ4n) is 4.52. The van der Waals surface area contributed by atoms with Crippen LogP contribution in [0.5, 0.6) is 0 Å². The summed E-state index contributed by atoms with van der Waals surface area (Å²) in [5.74, 6) is -0.0749. The van der Waals surface area contributed by atoms with Gasteiger partial charge in [0.25, 0.3) is 5.91 Å². The number of carbonyl (C=O) groups is 1. The molecule has 5 rings (SSSR count). The third-order valence-electron chi connectivity index (χ3n) is 6.31. The standard InChI is InChI=1S/C27H30N6O/c1-32(19-20-10-4-2-5-11-20)27(34)26-24(33-15-9-8-14-25(33)29-26)18-28-17-22-16-23(31-30-22)21-12-6-3-7-13-21/h2-15,22-23,28,30-31H,16-19H2,1H3. The predicted octanol–water partition coefficient (Wildman–Crippen LogP) is 3.30. The SMILES string of the molecule is CN(Cc1ccccc1)C(=O)c1nc2ccccn2c1CNCC1CC(c2ccccc2)NN1. The first kappa shape index (κ1) is 22.3. The zero-order valence-electron chi connectivity index (χ0n) is 19.3. The summed E-state index contributed by atoms with van der Waals surface area (Å²) in [6, 6.07) is 26.9. The number of amides is 1. The van der Waals surface area contributed by atoms with Crippen LogP contribution in [0, 0.1) is 0 Å². The quantitative estimate of drug-likeness (QED) is 0.381. The number of carbonyl (C=O) groups excluding carboxylic acids is 1. The number of rotatable bonds is 8. The van der Waals surface area contributed by atoms with Gasteiger partial charge in [0.2, 0.25) is 0 Å². The van der Waals surface area contributed by atoms with E-state index in [1.165, 1.54) is 5.56 Å². The molecule has 0 radical (unpaired) electrons. The van der Waals surface area contributed by atoms with Gasteiger partial charge in [-0.2, -0.15) is 0 Å². The number of pyridine rings is 1. The van der Waals surface area contributed by atoms with Crippen molar-refractivity contribution in [2.75, 3.05) is 13.6 Å². The number of hydrazine groups is 1. The monoisotopic (exact) mass is 454 g/mol. The number of hydrogen-bond donors (Lipinski definition) is 3. The summed E-state index contributed by atoms with van der Waals surface area (Å²) in [6.07, 6.45) is 2.96. The van der Waals surface area contributed by atoms with Crippen molar-refractivity contribution < 1.29 is 4.79 Å². The number of imidazole rings is 1. The summed E-state index contributed by atoms with van der Waals surface area (Å²) in [4.78, 5) is 19.8. The lowest BCUT2D eigenvalue weighted by atomic mass is 10.0. The van der Waals surface area contributed by atoms with Crippen LogP contribution in [0.3, 0.4) is 0 Å².